The van der Waals surface area contributed by atoms with E-state index in [0.717, 1.165) is 4.90 Å². The summed E-state index contributed by atoms with van der Waals surface area (Å²) in [5.74, 6) is -0.392. The van der Waals surface area contributed by atoms with Crippen LogP contribution in [0.15, 0.2) is 0 Å². The van der Waals surface area contributed by atoms with Crippen LogP contribution in [0.4, 0.5) is 4.79 Å². The van der Waals surface area contributed by atoms with Crippen molar-refractivity contribution in [1.82, 2.24) is 15.5 Å². The second-order valence-corrected chi connectivity index (χ2v) is 6.25. The molecule has 0 aliphatic carbocycles. The van der Waals surface area contributed by atoms with Crippen LogP contribution in [0.25, 0.3) is 0 Å². The highest BCUT2D eigenvalue weighted by molar-refractivity contribution is 6.06. The van der Waals surface area contributed by atoms with Gasteiger partial charge >= 0.3 is 6.03 Å². The zero-order chi connectivity index (χ0) is 15.6. The van der Waals surface area contributed by atoms with Crippen molar-refractivity contribution in [3.8, 4) is 0 Å². The van der Waals surface area contributed by atoms with Gasteiger partial charge in [0.1, 0.15) is 5.54 Å². The van der Waals surface area contributed by atoms with Gasteiger partial charge in [0.05, 0.1) is 0 Å². The van der Waals surface area contributed by atoms with Gasteiger partial charge in [-0.3, -0.25) is 14.5 Å². The summed E-state index contributed by atoms with van der Waals surface area (Å²) in [6.45, 7) is 7.58. The molecule has 0 aromatic heterocycles. The first-order chi connectivity index (χ1) is 9.09. The number of imide groups is 1. The maximum Gasteiger partial charge on any atom is 0.325 e. The Kier molecular flexibility index (Phi) is 6.63. The van der Waals surface area contributed by atoms with Gasteiger partial charge in [-0.2, -0.15) is 0 Å². The van der Waals surface area contributed by atoms with E-state index in [9.17, 15) is 14.4 Å². The van der Waals surface area contributed by atoms with Crippen LogP contribution in [0.5, 0.6) is 0 Å². The van der Waals surface area contributed by atoms with Crippen LogP contribution in [-0.4, -0.2) is 46.9 Å². The average Bonchev–Trinajstić information content (AvgIpc) is 2.50. The third-order valence-electron chi connectivity index (χ3n) is 3.22. The zero-order valence-corrected chi connectivity index (χ0v) is 13.8. The van der Waals surface area contributed by atoms with Crippen LogP contribution in [-0.2, 0) is 9.59 Å². The summed E-state index contributed by atoms with van der Waals surface area (Å²) in [6.07, 6.45) is 0.683. The number of nitrogens with one attached hydrogen (secondary N) is 2. The molecule has 4 amide bonds. The monoisotopic (exact) mass is 320 g/mol. The Hall–Kier alpha value is -1.34. The summed E-state index contributed by atoms with van der Waals surface area (Å²) < 4.78 is 0. The van der Waals surface area contributed by atoms with Crippen LogP contribution < -0.4 is 16.4 Å². The number of nitrogens with two attached hydrogens (primary N) is 1. The van der Waals surface area contributed by atoms with Gasteiger partial charge in [-0.1, -0.05) is 0 Å². The number of hydrogen-bond acceptors (Lipinski definition) is 4. The van der Waals surface area contributed by atoms with Crippen molar-refractivity contribution in [2.24, 2.45) is 5.73 Å². The summed E-state index contributed by atoms with van der Waals surface area (Å²) in [5, 5.41) is 5.40. The lowest BCUT2D eigenvalue weighted by Gasteiger charge is -2.24. The Balaban J connectivity index is 0.00000400. The fourth-order valence-corrected chi connectivity index (χ4v) is 1.91. The summed E-state index contributed by atoms with van der Waals surface area (Å²) in [6, 6.07) is -0.400. The molecular formula is C13H25ClN4O3. The average molecular weight is 321 g/mol. The number of halogens is 1. The molecule has 21 heavy (non-hydrogen) atoms. The maximum atomic E-state index is 11.9. The smallest absolute Gasteiger partial charge is 0.325 e. The lowest BCUT2D eigenvalue weighted by molar-refractivity contribution is -0.130. The maximum absolute atomic E-state index is 11.9. The summed E-state index contributed by atoms with van der Waals surface area (Å²) in [5.41, 5.74) is 4.22. The molecule has 1 aliphatic rings. The number of carbonyl (C=O) groups is 3. The zero-order valence-electron chi connectivity index (χ0n) is 13.0. The standard InChI is InChI=1S/C13H24N4O3.ClH/c1-12(2,8-14)15-9(18)6-5-7-17-10(19)13(3,4)16-11(17)20;/h5-8,14H2,1-4H3,(H,15,18)(H,16,20);1H. The van der Waals surface area contributed by atoms with Gasteiger partial charge < -0.3 is 16.4 Å². The fourth-order valence-electron chi connectivity index (χ4n) is 1.91. The number of urea groups is 1. The largest absolute Gasteiger partial charge is 0.350 e. The molecule has 0 bridgehead atoms. The van der Waals surface area contributed by atoms with Crippen molar-refractivity contribution in [3.63, 3.8) is 0 Å². The van der Waals surface area contributed by atoms with Gasteiger partial charge in [-0.15, -0.1) is 12.4 Å². The quantitative estimate of drug-likeness (QED) is 0.615. The van der Waals surface area contributed by atoms with Gasteiger partial charge in [0.2, 0.25) is 5.91 Å². The van der Waals surface area contributed by atoms with E-state index in [0.29, 0.717) is 13.0 Å². The number of hydrogen-bond donors (Lipinski definition) is 3. The molecule has 0 saturated carbocycles. The number of carbonyl (C=O) groups excluding carboxylic acids is 3. The van der Waals surface area contributed by atoms with Crippen molar-refractivity contribution in [3.05, 3.63) is 0 Å². The molecule has 7 nitrogen and oxygen atoms in total. The Morgan fingerprint density at radius 3 is 2.38 bits per heavy atom. The first kappa shape index (κ1) is 19.7. The normalized spacial score (nSPS) is 17.3. The Bertz CT molecular complexity index is 424. The van der Waals surface area contributed by atoms with Gasteiger partial charge in [-0.05, 0) is 34.1 Å². The van der Waals surface area contributed by atoms with E-state index in [2.05, 4.69) is 10.6 Å². The lowest BCUT2D eigenvalue weighted by atomic mass is 10.1. The van der Waals surface area contributed by atoms with Crippen LogP contribution in [0.3, 0.4) is 0 Å². The van der Waals surface area contributed by atoms with Crippen LogP contribution >= 0.6 is 12.4 Å². The van der Waals surface area contributed by atoms with Gasteiger partial charge in [0, 0.05) is 25.0 Å². The molecule has 1 rings (SSSR count). The Labute approximate surface area is 131 Å². The summed E-state index contributed by atoms with van der Waals surface area (Å²) in [7, 11) is 0. The molecular weight excluding hydrogens is 296 g/mol. The van der Waals surface area contributed by atoms with Crippen molar-refractivity contribution in [2.75, 3.05) is 13.1 Å². The van der Waals surface area contributed by atoms with Crippen molar-refractivity contribution >= 4 is 30.3 Å². The minimum absolute atomic E-state index is 0. The summed E-state index contributed by atoms with van der Waals surface area (Å²) >= 11 is 0. The lowest BCUT2D eigenvalue weighted by Crippen LogP contribution is -2.49. The van der Waals surface area contributed by atoms with E-state index in [4.69, 9.17) is 5.73 Å². The minimum atomic E-state index is -0.860. The van der Waals surface area contributed by atoms with Crippen molar-refractivity contribution in [1.29, 1.82) is 0 Å². The highest BCUT2D eigenvalue weighted by Crippen LogP contribution is 2.17. The van der Waals surface area contributed by atoms with Gasteiger partial charge in [0.15, 0.2) is 0 Å². The number of rotatable bonds is 6. The van der Waals surface area contributed by atoms with Crippen molar-refractivity contribution in [2.45, 2.75) is 51.6 Å². The third-order valence-corrected chi connectivity index (χ3v) is 3.22. The SMILES string of the molecule is CC(C)(CN)NC(=O)CCCN1C(=O)NC(C)(C)C1=O.Cl. The molecule has 1 saturated heterocycles. The molecule has 1 fully saturated rings. The second-order valence-electron chi connectivity index (χ2n) is 6.25. The van der Waals surface area contributed by atoms with Crippen LogP contribution in [0, 0.1) is 0 Å². The minimum Gasteiger partial charge on any atom is -0.350 e. The Morgan fingerprint density at radius 2 is 1.95 bits per heavy atom. The molecule has 4 N–H and O–H groups in total. The van der Waals surface area contributed by atoms with E-state index < -0.39 is 17.1 Å². The molecule has 1 aliphatic heterocycles. The molecule has 0 atom stereocenters. The molecule has 0 aromatic rings. The fraction of sp³-hybridized carbons (Fsp3) is 0.769. The molecule has 122 valence electrons. The van der Waals surface area contributed by atoms with Gasteiger partial charge in [-0.25, -0.2) is 4.79 Å². The molecule has 0 unspecified atom stereocenters. The predicted octanol–water partition coefficient (Wildman–Crippen LogP) is 0.372. The highest BCUT2D eigenvalue weighted by Gasteiger charge is 2.43. The molecule has 0 aromatic carbocycles. The number of nitrogens with zero attached hydrogens (tertiary/aromatic N) is 1. The Morgan fingerprint density at radius 1 is 1.38 bits per heavy atom. The van der Waals surface area contributed by atoms with E-state index >= 15 is 0 Å². The van der Waals surface area contributed by atoms with E-state index in [1.165, 1.54) is 0 Å². The van der Waals surface area contributed by atoms with E-state index in [1.54, 1.807) is 13.8 Å². The molecule has 8 heteroatoms. The van der Waals surface area contributed by atoms with Crippen LogP contribution in [0.2, 0.25) is 0 Å². The summed E-state index contributed by atoms with van der Waals surface area (Å²) in [4.78, 5) is 36.4. The highest BCUT2D eigenvalue weighted by atomic mass is 35.5. The van der Waals surface area contributed by atoms with Gasteiger partial charge in [0.25, 0.3) is 5.91 Å². The first-order valence-corrected chi connectivity index (χ1v) is 6.74. The number of amides is 4. The second kappa shape index (κ2) is 7.09. The molecule has 1 heterocycles. The topological polar surface area (TPSA) is 105 Å². The molecule has 0 radical (unpaired) electrons. The van der Waals surface area contributed by atoms with E-state index in [1.807, 2.05) is 13.8 Å². The van der Waals surface area contributed by atoms with E-state index in [-0.39, 0.29) is 37.2 Å². The van der Waals surface area contributed by atoms with Crippen molar-refractivity contribution < 1.29 is 14.4 Å². The predicted molar refractivity (Wildman–Crippen MR) is 82.1 cm³/mol. The third kappa shape index (κ3) is 5.17. The first-order valence-electron chi connectivity index (χ1n) is 6.74. The molecule has 0 spiro atoms. The van der Waals surface area contributed by atoms with Crippen LogP contribution in [0.1, 0.15) is 40.5 Å².